The molecule has 0 saturated carbocycles. The Hall–Kier alpha value is -3.89. The molecule has 146 valence electrons. The van der Waals surface area contributed by atoms with E-state index in [-0.39, 0.29) is 23.6 Å². The molecule has 2 amide bonds. The van der Waals surface area contributed by atoms with E-state index < -0.39 is 23.8 Å². The van der Waals surface area contributed by atoms with Gasteiger partial charge in [-0.15, -0.1) is 0 Å². The van der Waals surface area contributed by atoms with Crippen LogP contribution in [0, 0.1) is 0 Å². The van der Waals surface area contributed by atoms with Crippen LogP contribution in [0.15, 0.2) is 41.3 Å². The van der Waals surface area contributed by atoms with Crippen LogP contribution in [0.25, 0.3) is 0 Å². The quantitative estimate of drug-likeness (QED) is 0.550. The minimum atomic E-state index is -1.07. The van der Waals surface area contributed by atoms with Crippen molar-refractivity contribution in [3.63, 3.8) is 0 Å². The van der Waals surface area contributed by atoms with Crippen molar-refractivity contribution in [2.24, 2.45) is 7.05 Å². The zero-order chi connectivity index (χ0) is 20.3. The third-order valence-electron chi connectivity index (χ3n) is 3.89. The van der Waals surface area contributed by atoms with Gasteiger partial charge in [0.15, 0.2) is 11.4 Å². The molecule has 3 aromatic heterocycles. The Morgan fingerprint density at radius 3 is 2.71 bits per heavy atom. The number of carboxylic acids is 1. The molecule has 1 unspecified atom stereocenters. The summed E-state index contributed by atoms with van der Waals surface area (Å²) in [6.07, 6.45) is 4.38. The van der Waals surface area contributed by atoms with E-state index in [1.54, 1.807) is 19.2 Å². The first-order valence-electron chi connectivity index (χ1n) is 8.28. The zero-order valence-corrected chi connectivity index (χ0v) is 15.1. The predicted octanol–water partition coefficient (Wildman–Crippen LogP) is 1.04. The highest BCUT2D eigenvalue weighted by Crippen LogP contribution is 2.15. The molecule has 0 fully saturated rings. The smallest absolute Gasteiger partial charge is 0.328 e. The number of rotatable bonds is 7. The number of anilines is 1. The van der Waals surface area contributed by atoms with Crippen molar-refractivity contribution < 1.29 is 23.9 Å². The highest BCUT2D eigenvalue weighted by atomic mass is 16.4. The number of carbonyl (C=O) groups excluding carboxylic acids is 2. The highest BCUT2D eigenvalue weighted by molar-refractivity contribution is 6.07. The molecule has 3 rings (SSSR count). The first kappa shape index (κ1) is 18.9. The molecule has 3 heterocycles. The molecule has 1 atom stereocenters. The Morgan fingerprint density at radius 2 is 2.04 bits per heavy atom. The van der Waals surface area contributed by atoms with Gasteiger partial charge in [-0.3, -0.25) is 19.0 Å². The lowest BCUT2D eigenvalue weighted by Crippen LogP contribution is -2.25. The van der Waals surface area contributed by atoms with E-state index in [4.69, 9.17) is 9.52 Å². The number of carboxylic acid groups (broad SMARTS) is 1. The summed E-state index contributed by atoms with van der Waals surface area (Å²) < 4.78 is 7.71. The maximum atomic E-state index is 12.4. The van der Waals surface area contributed by atoms with Gasteiger partial charge < -0.3 is 20.2 Å². The van der Waals surface area contributed by atoms with Gasteiger partial charge in [-0.05, 0) is 25.1 Å². The van der Waals surface area contributed by atoms with Crippen LogP contribution in [0.2, 0.25) is 0 Å². The number of carbonyl (C=O) groups is 3. The Kier molecular flexibility index (Phi) is 5.25. The molecule has 0 aliphatic carbocycles. The fourth-order valence-electron chi connectivity index (χ4n) is 2.39. The Bertz CT molecular complexity index is 1000. The summed E-state index contributed by atoms with van der Waals surface area (Å²) in [5.41, 5.74) is 0.241. The number of aryl methyl sites for hydroxylation is 1. The van der Waals surface area contributed by atoms with Gasteiger partial charge in [0.1, 0.15) is 11.8 Å². The minimum absolute atomic E-state index is 0.0129. The van der Waals surface area contributed by atoms with Gasteiger partial charge in [0, 0.05) is 19.4 Å². The molecule has 11 nitrogen and oxygen atoms in total. The average molecular weight is 386 g/mol. The van der Waals surface area contributed by atoms with Crippen LogP contribution in [0.3, 0.4) is 0 Å². The fourth-order valence-corrected chi connectivity index (χ4v) is 2.39. The lowest BCUT2D eigenvalue weighted by atomic mass is 10.3. The average Bonchev–Trinajstić information content (AvgIpc) is 3.40. The van der Waals surface area contributed by atoms with Crippen molar-refractivity contribution >= 4 is 23.5 Å². The summed E-state index contributed by atoms with van der Waals surface area (Å²) >= 11 is 0. The van der Waals surface area contributed by atoms with Gasteiger partial charge in [-0.1, -0.05) is 0 Å². The Balaban J connectivity index is 1.71. The molecular weight excluding hydrogens is 368 g/mol. The van der Waals surface area contributed by atoms with Crippen LogP contribution in [0.5, 0.6) is 0 Å². The molecule has 0 saturated heterocycles. The van der Waals surface area contributed by atoms with Crippen molar-refractivity contribution in [2.75, 3.05) is 5.32 Å². The molecule has 0 aliphatic rings. The summed E-state index contributed by atoms with van der Waals surface area (Å²) in [4.78, 5) is 35.8. The first-order valence-corrected chi connectivity index (χ1v) is 8.28. The number of aliphatic carboxylic acids is 1. The first-order chi connectivity index (χ1) is 13.3. The van der Waals surface area contributed by atoms with Gasteiger partial charge in [-0.25, -0.2) is 4.79 Å². The van der Waals surface area contributed by atoms with Crippen LogP contribution in [-0.4, -0.2) is 42.5 Å². The highest BCUT2D eigenvalue weighted by Gasteiger charge is 2.21. The molecular formula is C17H18N6O5. The third kappa shape index (κ3) is 4.09. The lowest BCUT2D eigenvalue weighted by Gasteiger charge is -2.06. The van der Waals surface area contributed by atoms with Gasteiger partial charge in [0.05, 0.1) is 18.5 Å². The van der Waals surface area contributed by atoms with Crippen molar-refractivity contribution in [2.45, 2.75) is 19.5 Å². The third-order valence-corrected chi connectivity index (χ3v) is 3.89. The van der Waals surface area contributed by atoms with E-state index in [0.717, 1.165) is 4.68 Å². The summed E-state index contributed by atoms with van der Waals surface area (Å²) in [5, 5.41) is 22.3. The van der Waals surface area contributed by atoms with Crippen LogP contribution in [0.1, 0.15) is 39.7 Å². The van der Waals surface area contributed by atoms with Crippen molar-refractivity contribution in [3.05, 3.63) is 54.0 Å². The van der Waals surface area contributed by atoms with E-state index in [1.165, 1.54) is 36.3 Å². The number of amides is 2. The van der Waals surface area contributed by atoms with E-state index in [2.05, 4.69) is 20.8 Å². The molecule has 0 aliphatic heterocycles. The summed E-state index contributed by atoms with van der Waals surface area (Å²) in [6, 6.07) is 3.90. The molecule has 28 heavy (non-hydrogen) atoms. The number of nitrogens with zero attached hydrogens (tertiary/aromatic N) is 4. The van der Waals surface area contributed by atoms with E-state index in [9.17, 15) is 14.4 Å². The van der Waals surface area contributed by atoms with E-state index in [0.29, 0.717) is 5.76 Å². The molecule has 3 aromatic rings. The standard InChI is InChI=1S/C17H18N6O5/c1-10(17(26)27)23-6-5-12(20-23)15(24)19-13-9-22(2)21-14(13)16(25)18-8-11-4-3-7-28-11/h3-7,9-10H,8H2,1-2H3,(H,18,25)(H,19,24)(H,26,27). The summed E-state index contributed by atoms with van der Waals surface area (Å²) in [5.74, 6) is -1.58. The topological polar surface area (TPSA) is 144 Å². The predicted molar refractivity (Wildman–Crippen MR) is 95.6 cm³/mol. The number of hydrogen-bond donors (Lipinski definition) is 3. The molecule has 0 bridgehead atoms. The van der Waals surface area contributed by atoms with E-state index >= 15 is 0 Å². The number of hydrogen-bond acceptors (Lipinski definition) is 6. The monoisotopic (exact) mass is 386 g/mol. The molecule has 11 heteroatoms. The largest absolute Gasteiger partial charge is 0.480 e. The zero-order valence-electron chi connectivity index (χ0n) is 15.1. The normalized spacial score (nSPS) is 11.8. The van der Waals surface area contributed by atoms with Gasteiger partial charge in [0.25, 0.3) is 11.8 Å². The second-order valence-corrected chi connectivity index (χ2v) is 5.98. The maximum Gasteiger partial charge on any atom is 0.328 e. The molecule has 0 radical (unpaired) electrons. The molecule has 0 aromatic carbocycles. The van der Waals surface area contributed by atoms with Crippen LogP contribution in [-0.2, 0) is 18.4 Å². The van der Waals surface area contributed by atoms with Crippen molar-refractivity contribution in [1.82, 2.24) is 24.9 Å². The Morgan fingerprint density at radius 1 is 1.25 bits per heavy atom. The second-order valence-electron chi connectivity index (χ2n) is 5.98. The molecule has 3 N–H and O–H groups in total. The lowest BCUT2D eigenvalue weighted by molar-refractivity contribution is -0.140. The fraction of sp³-hybridized carbons (Fsp3) is 0.235. The van der Waals surface area contributed by atoms with Crippen molar-refractivity contribution in [1.29, 1.82) is 0 Å². The summed E-state index contributed by atoms with van der Waals surface area (Å²) in [7, 11) is 1.61. The van der Waals surface area contributed by atoms with Crippen molar-refractivity contribution in [3.8, 4) is 0 Å². The number of aromatic nitrogens is 4. The van der Waals surface area contributed by atoms with Gasteiger partial charge in [0.2, 0.25) is 0 Å². The van der Waals surface area contributed by atoms with E-state index in [1.807, 2.05) is 0 Å². The maximum absolute atomic E-state index is 12.4. The Labute approximate surface area is 158 Å². The van der Waals surface area contributed by atoms with Crippen LogP contribution >= 0.6 is 0 Å². The minimum Gasteiger partial charge on any atom is -0.480 e. The van der Waals surface area contributed by atoms with Gasteiger partial charge in [-0.2, -0.15) is 10.2 Å². The SMILES string of the molecule is CC(C(=O)O)n1ccc(C(=O)Nc2cn(C)nc2C(=O)NCc2ccco2)n1. The molecule has 0 spiro atoms. The van der Waals surface area contributed by atoms with Crippen LogP contribution < -0.4 is 10.6 Å². The van der Waals surface area contributed by atoms with Gasteiger partial charge >= 0.3 is 5.97 Å². The second kappa shape index (κ2) is 7.78. The number of nitrogens with one attached hydrogen (secondary N) is 2. The summed E-state index contributed by atoms with van der Waals surface area (Å²) in [6.45, 7) is 1.62. The number of furan rings is 1. The van der Waals surface area contributed by atoms with Crippen LogP contribution in [0.4, 0.5) is 5.69 Å².